The zero-order valence-electron chi connectivity index (χ0n) is 13.4. The maximum absolute atomic E-state index is 12.5. The topological polar surface area (TPSA) is 73.6 Å². The smallest absolute Gasteiger partial charge is 0.355 e. The van der Waals surface area contributed by atoms with Gasteiger partial charge in [0.15, 0.2) is 4.90 Å². The highest BCUT2D eigenvalue weighted by atomic mass is 35.5. The Morgan fingerprint density at radius 2 is 1.85 bits per heavy atom. The van der Waals surface area contributed by atoms with Gasteiger partial charge in [0.2, 0.25) is 9.84 Å². The molecular formula is C18H12Cl2O5S. The monoisotopic (exact) mass is 410 g/mol. The van der Waals surface area contributed by atoms with E-state index in [9.17, 15) is 13.2 Å². The molecule has 0 atom stereocenters. The number of methoxy groups -OCH3 is 1. The number of hydrogen-bond acceptors (Lipinski definition) is 5. The number of ether oxygens (including phenoxy) is 1. The minimum Gasteiger partial charge on any atom is -0.497 e. The van der Waals surface area contributed by atoms with Gasteiger partial charge in [-0.15, -0.1) is 0 Å². The molecule has 3 rings (SSSR count). The molecule has 0 saturated carbocycles. The molecule has 26 heavy (non-hydrogen) atoms. The summed E-state index contributed by atoms with van der Waals surface area (Å²) in [7, 11) is -2.56. The zero-order chi connectivity index (χ0) is 18.9. The fourth-order valence-corrected chi connectivity index (χ4v) is 3.78. The highest BCUT2D eigenvalue weighted by Crippen LogP contribution is 2.24. The van der Waals surface area contributed by atoms with Crippen LogP contribution in [-0.4, -0.2) is 15.5 Å². The van der Waals surface area contributed by atoms with E-state index in [1.165, 1.54) is 31.4 Å². The molecule has 0 fully saturated rings. The van der Waals surface area contributed by atoms with Gasteiger partial charge in [-0.1, -0.05) is 29.3 Å². The molecule has 0 radical (unpaired) electrons. The van der Waals surface area contributed by atoms with Crippen molar-refractivity contribution in [1.29, 1.82) is 0 Å². The Morgan fingerprint density at radius 3 is 2.54 bits per heavy atom. The van der Waals surface area contributed by atoms with Crippen molar-refractivity contribution >= 4 is 50.1 Å². The highest BCUT2D eigenvalue weighted by molar-refractivity contribution is 7.94. The third kappa shape index (κ3) is 3.77. The average molecular weight is 411 g/mol. The third-order valence-corrected chi connectivity index (χ3v) is 5.56. The zero-order valence-corrected chi connectivity index (χ0v) is 15.7. The van der Waals surface area contributed by atoms with Crippen LogP contribution in [0.5, 0.6) is 5.75 Å². The quantitative estimate of drug-likeness (QED) is 0.589. The SMILES string of the molecule is COc1ccc2cc(S(=O)(=O)/C=C\c3ccc(Cl)cc3Cl)c(=O)oc2c1. The molecule has 8 heteroatoms. The van der Waals surface area contributed by atoms with Gasteiger partial charge in [-0.05, 0) is 42.0 Å². The van der Waals surface area contributed by atoms with Crippen molar-refractivity contribution in [2.24, 2.45) is 0 Å². The first kappa shape index (κ1) is 18.5. The van der Waals surface area contributed by atoms with Crippen molar-refractivity contribution in [1.82, 2.24) is 0 Å². The van der Waals surface area contributed by atoms with E-state index in [1.54, 1.807) is 24.3 Å². The minimum atomic E-state index is -4.03. The van der Waals surface area contributed by atoms with E-state index in [-0.39, 0.29) is 5.58 Å². The first-order valence-electron chi connectivity index (χ1n) is 7.30. The van der Waals surface area contributed by atoms with Crippen LogP contribution in [0.1, 0.15) is 5.56 Å². The summed E-state index contributed by atoms with van der Waals surface area (Å²) in [5, 5.41) is 2.09. The fourth-order valence-electron chi connectivity index (χ4n) is 2.27. The molecule has 0 amide bonds. The van der Waals surface area contributed by atoms with Crippen LogP contribution in [0.25, 0.3) is 17.0 Å². The van der Waals surface area contributed by atoms with E-state index in [2.05, 4.69) is 0 Å². The van der Waals surface area contributed by atoms with Gasteiger partial charge < -0.3 is 9.15 Å². The number of fused-ring (bicyclic) bond motifs is 1. The van der Waals surface area contributed by atoms with Crippen molar-refractivity contribution in [2.75, 3.05) is 7.11 Å². The van der Waals surface area contributed by atoms with E-state index in [0.717, 1.165) is 5.41 Å². The summed E-state index contributed by atoms with van der Waals surface area (Å²) in [4.78, 5) is 11.7. The van der Waals surface area contributed by atoms with Gasteiger partial charge in [0, 0.05) is 26.9 Å². The summed E-state index contributed by atoms with van der Waals surface area (Å²) in [6.07, 6.45) is 1.30. The molecule has 134 valence electrons. The predicted octanol–water partition coefficient (Wildman–Crippen LogP) is 4.55. The first-order chi connectivity index (χ1) is 12.3. The van der Waals surface area contributed by atoms with Crippen LogP contribution in [0, 0.1) is 0 Å². The van der Waals surface area contributed by atoms with E-state index in [4.69, 9.17) is 32.4 Å². The molecule has 0 aliphatic carbocycles. The second-order valence-corrected chi connectivity index (χ2v) is 7.96. The highest BCUT2D eigenvalue weighted by Gasteiger charge is 2.18. The molecule has 1 heterocycles. The predicted molar refractivity (Wildman–Crippen MR) is 102 cm³/mol. The molecule has 0 aliphatic heterocycles. The molecule has 0 aliphatic rings. The number of halogens is 2. The number of rotatable bonds is 4. The van der Waals surface area contributed by atoms with Crippen LogP contribution in [0.15, 0.2) is 62.0 Å². The lowest BCUT2D eigenvalue weighted by Gasteiger charge is -2.04. The van der Waals surface area contributed by atoms with E-state index >= 15 is 0 Å². The fraction of sp³-hybridized carbons (Fsp3) is 0.0556. The van der Waals surface area contributed by atoms with E-state index in [0.29, 0.717) is 26.7 Å². The Labute approximate surface area is 159 Å². The molecule has 0 spiro atoms. The number of benzene rings is 2. The molecule has 5 nitrogen and oxygen atoms in total. The summed E-state index contributed by atoms with van der Waals surface area (Å²) in [6.45, 7) is 0. The van der Waals surface area contributed by atoms with Crippen LogP contribution in [0.2, 0.25) is 10.0 Å². The van der Waals surface area contributed by atoms with Crippen LogP contribution in [0.3, 0.4) is 0 Å². The third-order valence-electron chi connectivity index (χ3n) is 3.61. The van der Waals surface area contributed by atoms with Crippen LogP contribution < -0.4 is 10.4 Å². The summed E-state index contributed by atoms with van der Waals surface area (Å²) < 4.78 is 35.2. The molecule has 0 bridgehead atoms. The van der Waals surface area contributed by atoms with Crippen LogP contribution in [-0.2, 0) is 9.84 Å². The van der Waals surface area contributed by atoms with Gasteiger partial charge >= 0.3 is 5.63 Å². The number of hydrogen-bond donors (Lipinski definition) is 0. The van der Waals surface area contributed by atoms with Gasteiger partial charge in [-0.2, -0.15) is 0 Å². The van der Waals surface area contributed by atoms with Gasteiger partial charge in [-0.3, -0.25) is 0 Å². The Morgan fingerprint density at radius 1 is 1.08 bits per heavy atom. The summed E-state index contributed by atoms with van der Waals surface area (Å²) in [6, 6.07) is 10.7. The van der Waals surface area contributed by atoms with Crippen molar-refractivity contribution in [3.63, 3.8) is 0 Å². The van der Waals surface area contributed by atoms with Crippen molar-refractivity contribution in [3.05, 3.63) is 73.9 Å². The Kier molecular flexibility index (Phi) is 5.09. The maximum atomic E-state index is 12.5. The van der Waals surface area contributed by atoms with Gasteiger partial charge in [0.25, 0.3) is 0 Å². The van der Waals surface area contributed by atoms with Crippen molar-refractivity contribution in [3.8, 4) is 5.75 Å². The maximum Gasteiger partial charge on any atom is 0.355 e. The normalized spacial score (nSPS) is 12.0. The lowest BCUT2D eigenvalue weighted by Crippen LogP contribution is -2.11. The Balaban J connectivity index is 2.05. The molecule has 0 saturated heterocycles. The number of sulfone groups is 1. The van der Waals surface area contributed by atoms with Crippen LogP contribution in [0.4, 0.5) is 0 Å². The molecule has 3 aromatic rings. The van der Waals surface area contributed by atoms with E-state index in [1.807, 2.05) is 0 Å². The molecule has 0 unspecified atom stereocenters. The largest absolute Gasteiger partial charge is 0.497 e. The molecule has 2 aromatic carbocycles. The van der Waals surface area contributed by atoms with E-state index < -0.39 is 20.4 Å². The molecule has 0 N–H and O–H groups in total. The molecular weight excluding hydrogens is 399 g/mol. The van der Waals surface area contributed by atoms with Gasteiger partial charge in [0.05, 0.1) is 7.11 Å². The summed E-state index contributed by atoms with van der Waals surface area (Å²) >= 11 is 11.8. The minimum absolute atomic E-state index is 0.234. The standard InChI is InChI=1S/C18H12Cl2O5S/c1-24-14-5-3-12-8-17(18(21)25-16(12)10-14)26(22,23)7-6-11-2-4-13(19)9-15(11)20/h2-10H,1H3/b7-6-. The second kappa shape index (κ2) is 7.15. The summed E-state index contributed by atoms with van der Waals surface area (Å²) in [5.74, 6) is 0.494. The van der Waals surface area contributed by atoms with Gasteiger partial charge in [0.1, 0.15) is 11.3 Å². The average Bonchev–Trinajstić information content (AvgIpc) is 2.59. The van der Waals surface area contributed by atoms with Crippen LogP contribution >= 0.6 is 23.2 Å². The second-order valence-electron chi connectivity index (χ2n) is 5.32. The molecule has 1 aromatic heterocycles. The lowest BCUT2D eigenvalue weighted by molar-refractivity contribution is 0.414. The first-order valence-corrected chi connectivity index (χ1v) is 9.60. The van der Waals surface area contributed by atoms with Gasteiger partial charge in [-0.25, -0.2) is 13.2 Å². The Hall–Kier alpha value is -2.28. The summed E-state index contributed by atoms with van der Waals surface area (Å²) in [5.41, 5.74) is -0.273. The lowest BCUT2D eigenvalue weighted by atomic mass is 10.2. The van der Waals surface area contributed by atoms with Crippen molar-refractivity contribution < 1.29 is 17.6 Å². The van der Waals surface area contributed by atoms with Crippen molar-refractivity contribution in [2.45, 2.75) is 4.90 Å². The Bertz CT molecular complexity index is 1180.